The van der Waals surface area contributed by atoms with Crippen LogP contribution in [0.3, 0.4) is 0 Å². The lowest BCUT2D eigenvalue weighted by molar-refractivity contribution is -0.386. The molecule has 192 valence electrons. The van der Waals surface area contributed by atoms with Crippen LogP contribution in [0.2, 0.25) is 0 Å². The molecule has 1 saturated heterocycles. The average molecular weight is 498 g/mol. The van der Waals surface area contributed by atoms with Gasteiger partial charge in [0.1, 0.15) is 6.04 Å². The van der Waals surface area contributed by atoms with Crippen LogP contribution >= 0.6 is 0 Å². The van der Waals surface area contributed by atoms with Gasteiger partial charge in [0, 0.05) is 18.8 Å². The molecule has 0 aliphatic carbocycles. The number of nitro benzene ring substituents is 1. The van der Waals surface area contributed by atoms with Crippen LogP contribution in [0.1, 0.15) is 56.7 Å². The van der Waals surface area contributed by atoms with E-state index in [1.165, 1.54) is 12.1 Å². The van der Waals surface area contributed by atoms with Crippen molar-refractivity contribution in [1.82, 2.24) is 4.90 Å². The lowest BCUT2D eigenvalue weighted by Crippen LogP contribution is -2.43. The number of amides is 1. The summed E-state index contributed by atoms with van der Waals surface area (Å²) in [6.07, 6.45) is 0.980. The van der Waals surface area contributed by atoms with Crippen molar-refractivity contribution in [1.29, 1.82) is 0 Å². The number of benzene rings is 2. The van der Waals surface area contributed by atoms with Crippen molar-refractivity contribution in [3.05, 3.63) is 57.6 Å². The number of rotatable bonds is 8. The van der Waals surface area contributed by atoms with Crippen molar-refractivity contribution in [2.24, 2.45) is 5.92 Å². The second kappa shape index (κ2) is 10.9. The first-order valence-electron chi connectivity index (χ1n) is 12.2. The summed E-state index contributed by atoms with van der Waals surface area (Å²) in [7, 11) is 0. The van der Waals surface area contributed by atoms with Gasteiger partial charge in [-0.1, -0.05) is 26.0 Å². The molecule has 1 atom stereocenters. The molecule has 2 aromatic rings. The number of piperidine rings is 1. The van der Waals surface area contributed by atoms with E-state index in [2.05, 4.69) is 19.2 Å². The van der Waals surface area contributed by atoms with Gasteiger partial charge in [-0.3, -0.25) is 24.6 Å². The maximum absolute atomic E-state index is 13.7. The summed E-state index contributed by atoms with van der Waals surface area (Å²) in [6.45, 7) is 7.01. The Labute approximate surface area is 209 Å². The molecule has 2 aliphatic rings. The standard InChI is InChI=1S/C26H31N3O7/c1-4-34-26(31)18-9-11-28(12-10-18)24(25(30)27-19-7-5-17(6-8-19)16(2)3)20-13-22-23(36-15-35-22)14-21(20)29(32)33/h5-8,13-14,16,18,24H,4,9-12,15H2,1-3H3,(H,27,30)/t24-/m0/s1. The van der Waals surface area contributed by atoms with Crippen molar-refractivity contribution in [2.45, 2.75) is 45.6 Å². The number of carbonyl (C=O) groups excluding carboxylic acids is 2. The Morgan fingerprint density at radius 2 is 1.78 bits per heavy atom. The summed E-state index contributed by atoms with van der Waals surface area (Å²) < 4.78 is 16.0. The molecule has 0 spiro atoms. The zero-order valence-corrected chi connectivity index (χ0v) is 20.7. The Morgan fingerprint density at radius 3 is 2.36 bits per heavy atom. The first-order valence-corrected chi connectivity index (χ1v) is 12.2. The highest BCUT2D eigenvalue weighted by molar-refractivity contribution is 5.96. The molecule has 10 heteroatoms. The second-order valence-corrected chi connectivity index (χ2v) is 9.25. The number of nitrogens with one attached hydrogen (secondary N) is 1. The third-order valence-electron chi connectivity index (χ3n) is 6.62. The van der Waals surface area contributed by atoms with Gasteiger partial charge in [-0.25, -0.2) is 0 Å². The SMILES string of the molecule is CCOC(=O)C1CCN([C@H](C(=O)Nc2ccc(C(C)C)cc2)c2cc3c(cc2[N+](=O)[O-])OCO3)CC1. The summed E-state index contributed by atoms with van der Waals surface area (Å²) in [5.41, 5.74) is 1.73. The third-order valence-corrected chi connectivity index (χ3v) is 6.62. The van der Waals surface area contributed by atoms with Crippen LogP contribution < -0.4 is 14.8 Å². The number of likely N-dealkylation sites (tertiary alicyclic amines) is 1. The Hall–Kier alpha value is -3.66. The van der Waals surface area contributed by atoms with Crippen LogP contribution in [0.15, 0.2) is 36.4 Å². The first kappa shape index (κ1) is 25.4. The largest absolute Gasteiger partial charge is 0.466 e. The van der Waals surface area contributed by atoms with E-state index in [1.54, 1.807) is 6.92 Å². The first-order chi connectivity index (χ1) is 17.3. The van der Waals surface area contributed by atoms with E-state index in [1.807, 2.05) is 29.2 Å². The number of anilines is 1. The predicted molar refractivity (Wildman–Crippen MR) is 132 cm³/mol. The summed E-state index contributed by atoms with van der Waals surface area (Å²) in [4.78, 5) is 39.3. The van der Waals surface area contributed by atoms with Gasteiger partial charge in [-0.05, 0) is 49.4 Å². The topological polar surface area (TPSA) is 120 Å². The number of fused-ring (bicyclic) bond motifs is 1. The Morgan fingerprint density at radius 1 is 1.14 bits per heavy atom. The quantitative estimate of drug-likeness (QED) is 0.324. The molecule has 1 fully saturated rings. The number of hydrogen-bond donors (Lipinski definition) is 1. The molecule has 2 heterocycles. The number of hydrogen-bond acceptors (Lipinski definition) is 8. The molecular weight excluding hydrogens is 466 g/mol. The van der Waals surface area contributed by atoms with Gasteiger partial charge in [0.2, 0.25) is 12.7 Å². The Balaban J connectivity index is 1.65. The smallest absolute Gasteiger partial charge is 0.309 e. The monoisotopic (exact) mass is 497 g/mol. The second-order valence-electron chi connectivity index (χ2n) is 9.25. The van der Waals surface area contributed by atoms with Gasteiger partial charge >= 0.3 is 5.97 Å². The van der Waals surface area contributed by atoms with E-state index >= 15 is 0 Å². The Bertz CT molecular complexity index is 1130. The van der Waals surface area contributed by atoms with E-state index in [9.17, 15) is 19.7 Å². The summed E-state index contributed by atoms with van der Waals surface area (Å²) in [6, 6.07) is 9.40. The average Bonchev–Trinajstić information content (AvgIpc) is 3.32. The van der Waals surface area contributed by atoms with Crippen LogP contribution in [0.4, 0.5) is 11.4 Å². The molecule has 1 amide bonds. The highest BCUT2D eigenvalue weighted by Gasteiger charge is 2.38. The van der Waals surface area contributed by atoms with Crippen molar-refractivity contribution in [3.8, 4) is 11.5 Å². The molecule has 2 aliphatic heterocycles. The minimum absolute atomic E-state index is 0.0417. The van der Waals surface area contributed by atoms with Crippen LogP contribution in [0.5, 0.6) is 11.5 Å². The van der Waals surface area contributed by atoms with Crippen LogP contribution in [-0.2, 0) is 14.3 Å². The summed E-state index contributed by atoms with van der Waals surface area (Å²) in [5.74, 6) is 0.0620. The van der Waals surface area contributed by atoms with Crippen molar-refractivity contribution in [2.75, 3.05) is 31.8 Å². The minimum Gasteiger partial charge on any atom is -0.466 e. The molecule has 36 heavy (non-hydrogen) atoms. The third kappa shape index (κ3) is 5.43. The molecule has 4 rings (SSSR count). The van der Waals surface area contributed by atoms with E-state index in [4.69, 9.17) is 14.2 Å². The molecule has 1 N–H and O–H groups in total. The Kier molecular flexibility index (Phi) is 7.73. The number of ether oxygens (including phenoxy) is 3. The maximum atomic E-state index is 13.7. The zero-order chi connectivity index (χ0) is 25.8. The zero-order valence-electron chi connectivity index (χ0n) is 20.7. The van der Waals surface area contributed by atoms with Crippen LogP contribution in [-0.4, -0.2) is 48.2 Å². The number of nitro groups is 1. The van der Waals surface area contributed by atoms with Gasteiger partial charge in [0.25, 0.3) is 5.69 Å². The fraction of sp³-hybridized carbons (Fsp3) is 0.462. The van der Waals surface area contributed by atoms with Crippen molar-refractivity contribution >= 4 is 23.3 Å². The molecule has 2 aromatic carbocycles. The molecular formula is C26H31N3O7. The molecule has 0 aromatic heterocycles. The van der Waals surface area contributed by atoms with Gasteiger partial charge in [0.05, 0.1) is 29.1 Å². The van der Waals surface area contributed by atoms with Gasteiger partial charge in [-0.15, -0.1) is 0 Å². The molecule has 0 saturated carbocycles. The fourth-order valence-corrected chi connectivity index (χ4v) is 4.64. The van der Waals surface area contributed by atoms with Crippen molar-refractivity contribution < 1.29 is 28.7 Å². The lowest BCUT2D eigenvalue weighted by Gasteiger charge is -2.36. The number of nitrogens with zero attached hydrogens (tertiary/aromatic N) is 2. The summed E-state index contributed by atoms with van der Waals surface area (Å²) >= 11 is 0. The number of esters is 1. The van der Waals surface area contributed by atoms with E-state index in [0.717, 1.165) is 5.56 Å². The highest BCUT2D eigenvalue weighted by atomic mass is 16.7. The number of carbonyl (C=O) groups is 2. The minimum atomic E-state index is -0.965. The van der Waals surface area contributed by atoms with E-state index in [0.29, 0.717) is 49.9 Å². The highest BCUT2D eigenvalue weighted by Crippen LogP contribution is 2.42. The van der Waals surface area contributed by atoms with Gasteiger partial charge in [0.15, 0.2) is 11.5 Å². The van der Waals surface area contributed by atoms with Gasteiger partial charge < -0.3 is 19.5 Å². The van der Waals surface area contributed by atoms with Crippen LogP contribution in [0, 0.1) is 16.0 Å². The normalized spacial score (nSPS) is 16.6. The molecule has 0 radical (unpaired) electrons. The molecule has 0 bridgehead atoms. The van der Waals surface area contributed by atoms with Gasteiger partial charge in [-0.2, -0.15) is 0 Å². The maximum Gasteiger partial charge on any atom is 0.309 e. The molecule has 0 unspecified atom stereocenters. The van der Waals surface area contributed by atoms with Crippen LogP contribution in [0.25, 0.3) is 0 Å². The summed E-state index contributed by atoms with van der Waals surface area (Å²) in [5, 5.41) is 14.9. The van der Waals surface area contributed by atoms with E-state index < -0.39 is 16.9 Å². The fourth-order valence-electron chi connectivity index (χ4n) is 4.64. The lowest BCUT2D eigenvalue weighted by atomic mass is 9.93. The predicted octanol–water partition coefficient (Wildman–Crippen LogP) is 4.40. The molecule has 10 nitrogen and oxygen atoms in total. The van der Waals surface area contributed by atoms with E-state index in [-0.39, 0.29) is 35.7 Å². The van der Waals surface area contributed by atoms with Crippen molar-refractivity contribution in [3.63, 3.8) is 0 Å².